The van der Waals surface area contributed by atoms with Gasteiger partial charge in [-0.1, -0.05) is 15.9 Å². The third-order valence-corrected chi connectivity index (χ3v) is 2.56. The van der Waals surface area contributed by atoms with Crippen molar-refractivity contribution < 1.29 is 4.39 Å². The summed E-state index contributed by atoms with van der Waals surface area (Å²) in [4.78, 5) is 0. The van der Waals surface area contributed by atoms with Gasteiger partial charge in [0.2, 0.25) is 0 Å². The molecule has 1 heterocycles. The van der Waals surface area contributed by atoms with E-state index in [1.54, 1.807) is 0 Å². The van der Waals surface area contributed by atoms with E-state index >= 15 is 0 Å². The molecule has 66 valence electrons. The highest BCUT2D eigenvalue weighted by Crippen LogP contribution is 2.30. The van der Waals surface area contributed by atoms with Crippen LogP contribution in [0.1, 0.15) is 5.56 Å². The van der Waals surface area contributed by atoms with Crippen LogP contribution in [0.3, 0.4) is 0 Å². The van der Waals surface area contributed by atoms with E-state index in [0.717, 1.165) is 23.1 Å². The van der Waals surface area contributed by atoms with Crippen molar-refractivity contribution in [1.29, 1.82) is 0 Å². The Hall–Kier alpha value is -0.280. The minimum absolute atomic E-state index is 0. The van der Waals surface area contributed by atoms with Gasteiger partial charge in [-0.05, 0) is 24.1 Å². The first-order valence-corrected chi connectivity index (χ1v) is 4.28. The van der Waals surface area contributed by atoms with E-state index in [9.17, 15) is 4.39 Å². The Labute approximate surface area is 84.9 Å². The van der Waals surface area contributed by atoms with Crippen LogP contribution in [0.25, 0.3) is 0 Å². The summed E-state index contributed by atoms with van der Waals surface area (Å²) in [5.74, 6) is -0.190. The molecule has 0 amide bonds. The van der Waals surface area contributed by atoms with Crippen molar-refractivity contribution in [1.82, 2.24) is 0 Å². The van der Waals surface area contributed by atoms with Crippen LogP contribution >= 0.6 is 28.3 Å². The van der Waals surface area contributed by atoms with Gasteiger partial charge in [-0.2, -0.15) is 0 Å². The van der Waals surface area contributed by atoms with E-state index in [1.165, 1.54) is 17.7 Å². The van der Waals surface area contributed by atoms with Crippen LogP contribution in [0.5, 0.6) is 0 Å². The van der Waals surface area contributed by atoms with Crippen LogP contribution in [0.4, 0.5) is 10.1 Å². The van der Waals surface area contributed by atoms with Gasteiger partial charge in [0.05, 0.1) is 0 Å². The first-order valence-electron chi connectivity index (χ1n) is 3.49. The summed E-state index contributed by atoms with van der Waals surface area (Å²) < 4.78 is 13.6. The van der Waals surface area contributed by atoms with Crippen LogP contribution in [-0.4, -0.2) is 6.54 Å². The largest absolute Gasteiger partial charge is 0.384 e. The van der Waals surface area contributed by atoms with E-state index in [0.29, 0.717) is 0 Å². The number of hydrogen-bond donors (Lipinski definition) is 1. The molecule has 0 aromatic heterocycles. The van der Waals surface area contributed by atoms with E-state index in [2.05, 4.69) is 21.2 Å². The zero-order valence-corrected chi connectivity index (χ0v) is 8.64. The van der Waals surface area contributed by atoms with Crippen molar-refractivity contribution in [2.24, 2.45) is 0 Å². The monoisotopic (exact) mass is 251 g/mol. The van der Waals surface area contributed by atoms with E-state index in [1.807, 2.05) is 0 Å². The van der Waals surface area contributed by atoms with Gasteiger partial charge in [-0.3, -0.25) is 0 Å². The van der Waals surface area contributed by atoms with Crippen molar-refractivity contribution in [2.75, 3.05) is 11.9 Å². The fourth-order valence-corrected chi connectivity index (χ4v) is 1.97. The molecule has 1 aromatic carbocycles. The van der Waals surface area contributed by atoms with Gasteiger partial charge < -0.3 is 5.32 Å². The predicted molar refractivity (Wildman–Crippen MR) is 53.5 cm³/mol. The van der Waals surface area contributed by atoms with Gasteiger partial charge in [0, 0.05) is 16.7 Å². The zero-order valence-electron chi connectivity index (χ0n) is 6.23. The van der Waals surface area contributed by atoms with Gasteiger partial charge in [0.25, 0.3) is 0 Å². The Morgan fingerprint density at radius 1 is 1.42 bits per heavy atom. The average molecular weight is 253 g/mol. The lowest BCUT2D eigenvalue weighted by Gasteiger charge is -2.01. The zero-order chi connectivity index (χ0) is 7.84. The van der Waals surface area contributed by atoms with Gasteiger partial charge >= 0.3 is 0 Å². The predicted octanol–water partition coefficient (Wildman–Crippen LogP) is 2.98. The molecule has 1 nitrogen and oxygen atoms in total. The molecule has 0 bridgehead atoms. The Balaban J connectivity index is 0.000000720. The SMILES string of the molecule is Cl.Fc1cc(Br)c2c(c1)NCC2. The molecule has 4 heteroatoms. The fraction of sp³-hybridized carbons (Fsp3) is 0.250. The molecule has 0 saturated heterocycles. The van der Waals surface area contributed by atoms with Crippen molar-refractivity contribution >= 4 is 34.0 Å². The summed E-state index contributed by atoms with van der Waals surface area (Å²) in [7, 11) is 0. The molecular weight excluding hydrogens is 244 g/mol. The third-order valence-electron chi connectivity index (χ3n) is 1.85. The maximum absolute atomic E-state index is 12.8. The summed E-state index contributed by atoms with van der Waals surface area (Å²) in [6.07, 6.45) is 0.982. The Morgan fingerprint density at radius 2 is 2.17 bits per heavy atom. The van der Waals surface area contributed by atoms with Crippen molar-refractivity contribution in [2.45, 2.75) is 6.42 Å². The third kappa shape index (κ3) is 1.57. The number of benzene rings is 1. The van der Waals surface area contributed by atoms with Crippen LogP contribution in [0, 0.1) is 5.82 Å². The quantitative estimate of drug-likeness (QED) is 0.748. The molecule has 0 unspecified atom stereocenters. The minimum atomic E-state index is -0.190. The molecule has 0 atom stereocenters. The Bertz CT molecular complexity index is 303. The molecule has 1 aliphatic rings. The molecule has 0 radical (unpaired) electrons. The van der Waals surface area contributed by atoms with Crippen LogP contribution < -0.4 is 5.32 Å². The number of anilines is 1. The number of halogens is 3. The number of rotatable bonds is 0. The van der Waals surface area contributed by atoms with Gasteiger partial charge in [0.15, 0.2) is 0 Å². The molecular formula is C8H8BrClFN. The topological polar surface area (TPSA) is 12.0 Å². The maximum atomic E-state index is 12.8. The minimum Gasteiger partial charge on any atom is -0.384 e. The highest BCUT2D eigenvalue weighted by atomic mass is 79.9. The molecule has 0 spiro atoms. The summed E-state index contributed by atoms with van der Waals surface area (Å²) in [6.45, 7) is 0.914. The second kappa shape index (κ2) is 3.62. The first-order chi connectivity index (χ1) is 5.27. The second-order valence-corrected chi connectivity index (χ2v) is 3.44. The normalized spacial score (nSPS) is 13.2. The molecule has 0 aliphatic carbocycles. The summed E-state index contributed by atoms with van der Waals surface area (Å²) in [6, 6.07) is 3.04. The standard InChI is InChI=1S/C8H7BrFN.ClH/c9-7-3-5(10)4-8-6(7)1-2-11-8;/h3-4,11H,1-2H2;1H. The lowest BCUT2D eigenvalue weighted by molar-refractivity contribution is 0.627. The highest BCUT2D eigenvalue weighted by Gasteiger charge is 2.13. The van der Waals surface area contributed by atoms with Crippen LogP contribution in [-0.2, 0) is 6.42 Å². The molecule has 1 aliphatic heterocycles. The summed E-state index contributed by atoms with van der Waals surface area (Å²) in [5.41, 5.74) is 2.11. The first kappa shape index (κ1) is 9.81. The Kier molecular flexibility index (Phi) is 2.96. The number of nitrogens with one attached hydrogen (secondary N) is 1. The van der Waals surface area contributed by atoms with Gasteiger partial charge in [-0.25, -0.2) is 4.39 Å². The smallest absolute Gasteiger partial charge is 0.126 e. The van der Waals surface area contributed by atoms with E-state index in [4.69, 9.17) is 0 Å². The molecule has 1 N–H and O–H groups in total. The lowest BCUT2D eigenvalue weighted by Crippen LogP contribution is -1.90. The van der Waals surface area contributed by atoms with Crippen molar-refractivity contribution in [3.63, 3.8) is 0 Å². The Morgan fingerprint density at radius 3 is 2.92 bits per heavy atom. The molecule has 2 rings (SSSR count). The maximum Gasteiger partial charge on any atom is 0.126 e. The van der Waals surface area contributed by atoms with Gasteiger partial charge in [0.1, 0.15) is 5.82 Å². The molecule has 0 fully saturated rings. The fourth-order valence-electron chi connectivity index (χ4n) is 1.34. The van der Waals surface area contributed by atoms with Crippen LogP contribution in [0.2, 0.25) is 0 Å². The molecule has 1 aromatic rings. The lowest BCUT2D eigenvalue weighted by atomic mass is 10.2. The highest BCUT2D eigenvalue weighted by molar-refractivity contribution is 9.10. The summed E-state index contributed by atoms with van der Waals surface area (Å²) in [5, 5.41) is 3.11. The molecule has 12 heavy (non-hydrogen) atoms. The molecule has 0 saturated carbocycles. The van der Waals surface area contributed by atoms with Crippen LogP contribution in [0.15, 0.2) is 16.6 Å². The van der Waals surface area contributed by atoms with E-state index < -0.39 is 0 Å². The summed E-state index contributed by atoms with van der Waals surface area (Å²) >= 11 is 3.32. The van der Waals surface area contributed by atoms with Gasteiger partial charge in [-0.15, -0.1) is 12.4 Å². The van der Waals surface area contributed by atoms with E-state index in [-0.39, 0.29) is 18.2 Å². The number of hydrogen-bond acceptors (Lipinski definition) is 1. The van der Waals surface area contributed by atoms with Crippen molar-refractivity contribution in [3.05, 3.63) is 28.0 Å². The number of fused-ring (bicyclic) bond motifs is 1. The second-order valence-electron chi connectivity index (χ2n) is 2.59. The average Bonchev–Trinajstić information content (AvgIpc) is 2.34. The van der Waals surface area contributed by atoms with Crippen molar-refractivity contribution in [3.8, 4) is 0 Å².